The lowest BCUT2D eigenvalue weighted by Gasteiger charge is -2.27. The number of aromatic carboxylic acids is 1. The molecule has 0 bridgehead atoms. The van der Waals surface area contributed by atoms with Crippen LogP contribution in [-0.2, 0) is 0 Å². The molecule has 1 aromatic rings. The number of aliphatic hydroxyl groups is 1. The number of benzene rings is 1. The molecule has 0 fully saturated rings. The van der Waals surface area contributed by atoms with Gasteiger partial charge >= 0.3 is 5.97 Å². The van der Waals surface area contributed by atoms with Crippen molar-refractivity contribution in [3.63, 3.8) is 0 Å². The maximum absolute atomic E-state index is 10.9. The van der Waals surface area contributed by atoms with E-state index in [0.29, 0.717) is 10.2 Å². The summed E-state index contributed by atoms with van der Waals surface area (Å²) in [6.45, 7) is 5.60. The monoisotopic (exact) mass is 316 g/mol. The number of hydrogen-bond acceptors (Lipinski definition) is 3. The normalized spacial score (nSPS) is 14.3. The van der Waals surface area contributed by atoms with E-state index in [-0.39, 0.29) is 18.1 Å². The smallest absolute Gasteiger partial charge is 0.336 e. The zero-order chi connectivity index (χ0) is 13.9. The molecule has 18 heavy (non-hydrogen) atoms. The van der Waals surface area contributed by atoms with Gasteiger partial charge in [-0.15, -0.1) is 0 Å². The maximum atomic E-state index is 10.9. The Hall–Kier alpha value is -1.07. The largest absolute Gasteiger partial charge is 0.491 e. The Morgan fingerprint density at radius 3 is 2.61 bits per heavy atom. The molecular formula is C13H17BrO4. The molecule has 0 radical (unpaired) electrons. The lowest BCUT2D eigenvalue weighted by Crippen LogP contribution is -2.37. The summed E-state index contributed by atoms with van der Waals surface area (Å²) in [5, 5.41) is 19.0. The molecule has 5 heteroatoms. The molecule has 4 nitrogen and oxygen atoms in total. The molecule has 2 N–H and O–H groups in total. The molecule has 0 spiro atoms. The number of carbonyl (C=O) groups is 1. The summed E-state index contributed by atoms with van der Waals surface area (Å²) in [4.78, 5) is 10.9. The minimum atomic E-state index is -1.03. The topological polar surface area (TPSA) is 66.8 Å². The van der Waals surface area contributed by atoms with Gasteiger partial charge in [-0.05, 0) is 47.0 Å². The van der Waals surface area contributed by atoms with Crippen LogP contribution < -0.4 is 4.74 Å². The summed E-state index contributed by atoms with van der Waals surface area (Å²) in [7, 11) is 0. The molecule has 1 atom stereocenters. The zero-order valence-electron chi connectivity index (χ0n) is 10.6. The van der Waals surface area contributed by atoms with Crippen molar-refractivity contribution >= 4 is 21.9 Å². The van der Waals surface area contributed by atoms with Crippen molar-refractivity contribution in [3.05, 3.63) is 28.2 Å². The molecule has 0 aliphatic heterocycles. The molecule has 0 heterocycles. The second kappa shape index (κ2) is 5.71. The van der Waals surface area contributed by atoms with Crippen molar-refractivity contribution in [1.29, 1.82) is 0 Å². The van der Waals surface area contributed by atoms with Gasteiger partial charge in [-0.1, -0.05) is 13.8 Å². The Bertz CT molecular complexity index is 441. The Balaban J connectivity index is 2.81. The highest BCUT2D eigenvalue weighted by Crippen LogP contribution is 2.24. The first kappa shape index (κ1) is 15.0. The predicted molar refractivity (Wildman–Crippen MR) is 72.1 cm³/mol. The molecule has 1 unspecified atom stereocenters. The van der Waals surface area contributed by atoms with Crippen molar-refractivity contribution in [3.8, 4) is 5.75 Å². The van der Waals surface area contributed by atoms with Crippen LogP contribution >= 0.6 is 15.9 Å². The van der Waals surface area contributed by atoms with Crippen LogP contribution in [0.4, 0.5) is 0 Å². The number of carboxylic acids is 1. The Morgan fingerprint density at radius 2 is 2.11 bits per heavy atom. The number of halogens is 1. The predicted octanol–water partition coefficient (Wildman–Crippen LogP) is 2.93. The lowest BCUT2D eigenvalue weighted by atomic mass is 9.94. The SMILES string of the molecule is CC(C)C(C)(O)COc1ccc(Br)c(C(=O)O)c1. The van der Waals surface area contributed by atoms with Crippen molar-refractivity contribution < 1.29 is 19.7 Å². The van der Waals surface area contributed by atoms with Gasteiger partial charge in [0.2, 0.25) is 0 Å². The fourth-order valence-corrected chi connectivity index (χ4v) is 1.57. The van der Waals surface area contributed by atoms with Crippen LogP contribution in [0.15, 0.2) is 22.7 Å². The minimum Gasteiger partial charge on any atom is -0.491 e. The number of rotatable bonds is 5. The Labute approximate surface area is 115 Å². The zero-order valence-corrected chi connectivity index (χ0v) is 12.2. The Kier molecular flexibility index (Phi) is 4.76. The molecule has 0 aromatic heterocycles. The van der Waals surface area contributed by atoms with E-state index in [1.807, 2.05) is 13.8 Å². The van der Waals surface area contributed by atoms with E-state index in [4.69, 9.17) is 9.84 Å². The van der Waals surface area contributed by atoms with Crippen molar-refractivity contribution in [2.45, 2.75) is 26.4 Å². The van der Waals surface area contributed by atoms with Crippen LogP contribution in [0.5, 0.6) is 5.75 Å². The lowest BCUT2D eigenvalue weighted by molar-refractivity contribution is -0.0266. The maximum Gasteiger partial charge on any atom is 0.336 e. The summed E-state index contributed by atoms with van der Waals surface area (Å²) in [5.41, 5.74) is -0.812. The highest BCUT2D eigenvalue weighted by Gasteiger charge is 2.26. The fraction of sp³-hybridized carbons (Fsp3) is 0.462. The van der Waals surface area contributed by atoms with Gasteiger partial charge in [0.25, 0.3) is 0 Å². The third kappa shape index (κ3) is 3.71. The minimum absolute atomic E-state index is 0.0480. The first-order valence-electron chi connectivity index (χ1n) is 5.62. The molecule has 1 rings (SSSR count). The van der Waals surface area contributed by atoms with Crippen LogP contribution in [0.25, 0.3) is 0 Å². The van der Waals surface area contributed by atoms with Crippen LogP contribution in [0.1, 0.15) is 31.1 Å². The second-order valence-electron chi connectivity index (χ2n) is 4.75. The van der Waals surface area contributed by atoms with Gasteiger partial charge in [-0.25, -0.2) is 4.79 Å². The summed E-state index contributed by atoms with van der Waals surface area (Å²) in [6, 6.07) is 4.71. The second-order valence-corrected chi connectivity index (χ2v) is 5.60. The first-order valence-corrected chi connectivity index (χ1v) is 6.41. The molecule has 0 aliphatic carbocycles. The van der Waals surface area contributed by atoms with Crippen LogP contribution in [0.3, 0.4) is 0 Å². The van der Waals surface area contributed by atoms with E-state index in [1.165, 1.54) is 6.07 Å². The molecular weight excluding hydrogens is 300 g/mol. The molecule has 1 aromatic carbocycles. The summed E-state index contributed by atoms with van der Waals surface area (Å²) < 4.78 is 5.94. The van der Waals surface area contributed by atoms with E-state index < -0.39 is 11.6 Å². The van der Waals surface area contributed by atoms with Gasteiger partial charge in [0.05, 0.1) is 11.2 Å². The first-order chi connectivity index (χ1) is 8.24. The third-order valence-electron chi connectivity index (χ3n) is 2.94. The Morgan fingerprint density at radius 1 is 1.50 bits per heavy atom. The van der Waals surface area contributed by atoms with Gasteiger partial charge in [-0.2, -0.15) is 0 Å². The van der Waals surface area contributed by atoms with E-state index in [1.54, 1.807) is 19.1 Å². The van der Waals surface area contributed by atoms with Crippen LogP contribution in [-0.4, -0.2) is 28.4 Å². The molecule has 0 saturated heterocycles. The quantitative estimate of drug-likeness (QED) is 0.876. The summed E-state index contributed by atoms with van der Waals surface area (Å²) in [6.07, 6.45) is 0. The highest BCUT2D eigenvalue weighted by atomic mass is 79.9. The standard InChI is InChI=1S/C13H17BrO4/c1-8(2)13(3,17)7-18-9-4-5-11(14)10(6-9)12(15)16/h4-6,8,17H,7H2,1-3H3,(H,15,16). The van der Waals surface area contributed by atoms with Crippen molar-refractivity contribution in [1.82, 2.24) is 0 Å². The molecule has 0 saturated carbocycles. The van der Waals surface area contributed by atoms with Gasteiger partial charge in [0.15, 0.2) is 0 Å². The van der Waals surface area contributed by atoms with Crippen molar-refractivity contribution in [2.75, 3.05) is 6.61 Å². The molecule has 0 amide bonds. The highest BCUT2D eigenvalue weighted by molar-refractivity contribution is 9.10. The summed E-state index contributed by atoms with van der Waals surface area (Å²) in [5.74, 6) is -0.550. The summed E-state index contributed by atoms with van der Waals surface area (Å²) >= 11 is 3.16. The van der Waals surface area contributed by atoms with Crippen LogP contribution in [0, 0.1) is 5.92 Å². The van der Waals surface area contributed by atoms with Gasteiger partial charge < -0.3 is 14.9 Å². The van der Waals surface area contributed by atoms with E-state index in [2.05, 4.69) is 15.9 Å². The van der Waals surface area contributed by atoms with Gasteiger partial charge in [0, 0.05) is 4.47 Å². The number of carboxylic acid groups (broad SMARTS) is 1. The van der Waals surface area contributed by atoms with E-state index in [0.717, 1.165) is 0 Å². The average molecular weight is 317 g/mol. The van der Waals surface area contributed by atoms with E-state index >= 15 is 0 Å². The molecule has 0 aliphatic rings. The molecule has 100 valence electrons. The average Bonchev–Trinajstić information content (AvgIpc) is 2.27. The van der Waals surface area contributed by atoms with Crippen molar-refractivity contribution in [2.24, 2.45) is 5.92 Å². The number of hydrogen-bond donors (Lipinski definition) is 2. The third-order valence-corrected chi connectivity index (χ3v) is 3.63. The van der Waals surface area contributed by atoms with Crippen LogP contribution in [0.2, 0.25) is 0 Å². The van der Waals surface area contributed by atoms with E-state index in [9.17, 15) is 9.90 Å². The van der Waals surface area contributed by atoms with Gasteiger partial charge in [0.1, 0.15) is 12.4 Å². The van der Waals surface area contributed by atoms with Gasteiger partial charge in [-0.3, -0.25) is 0 Å². The number of ether oxygens (including phenoxy) is 1. The fourth-order valence-electron chi connectivity index (χ4n) is 1.15.